The second kappa shape index (κ2) is 8.73. The molecule has 1 aliphatic rings. The quantitative estimate of drug-likeness (QED) is 0.497. The third-order valence-electron chi connectivity index (χ3n) is 5.34. The van der Waals surface area contributed by atoms with Crippen LogP contribution in [0.15, 0.2) is 59.5 Å². The van der Waals surface area contributed by atoms with Crippen LogP contribution in [0, 0.1) is 12.7 Å². The third kappa shape index (κ3) is 4.20. The van der Waals surface area contributed by atoms with Gasteiger partial charge in [-0.3, -0.25) is 9.10 Å². The highest BCUT2D eigenvalue weighted by molar-refractivity contribution is 7.92. The molecule has 4 rings (SSSR count). The van der Waals surface area contributed by atoms with Gasteiger partial charge in [-0.15, -0.1) is 0 Å². The van der Waals surface area contributed by atoms with Crippen molar-refractivity contribution in [1.82, 2.24) is 0 Å². The number of hydrogen-bond donors (Lipinski definition) is 1. The SMILES string of the molecule is Cc1cc2c(cc1NC(=O)c1c(Cl)cccc1Cl)N(S(=O)(=O)c1ccc(F)cc1)CCC2. The minimum absolute atomic E-state index is 0.000703. The Labute approximate surface area is 195 Å². The van der Waals surface area contributed by atoms with Gasteiger partial charge in [-0.05, 0) is 73.4 Å². The van der Waals surface area contributed by atoms with Gasteiger partial charge in [0.25, 0.3) is 15.9 Å². The third-order valence-corrected chi connectivity index (χ3v) is 7.80. The molecule has 0 fully saturated rings. The van der Waals surface area contributed by atoms with Crippen molar-refractivity contribution in [2.24, 2.45) is 0 Å². The van der Waals surface area contributed by atoms with Crippen LogP contribution in [0.4, 0.5) is 15.8 Å². The van der Waals surface area contributed by atoms with Gasteiger partial charge < -0.3 is 5.32 Å². The van der Waals surface area contributed by atoms with Crippen molar-refractivity contribution < 1.29 is 17.6 Å². The highest BCUT2D eigenvalue weighted by Gasteiger charge is 2.30. The lowest BCUT2D eigenvalue weighted by atomic mass is 9.99. The van der Waals surface area contributed by atoms with Gasteiger partial charge in [-0.25, -0.2) is 12.8 Å². The maximum Gasteiger partial charge on any atom is 0.264 e. The first kappa shape index (κ1) is 22.6. The molecule has 0 spiro atoms. The summed E-state index contributed by atoms with van der Waals surface area (Å²) in [6, 6.07) is 13.0. The van der Waals surface area contributed by atoms with Crippen LogP contribution < -0.4 is 9.62 Å². The smallest absolute Gasteiger partial charge is 0.264 e. The van der Waals surface area contributed by atoms with Crippen molar-refractivity contribution in [3.05, 3.63) is 87.2 Å². The van der Waals surface area contributed by atoms with E-state index in [-0.39, 0.29) is 27.0 Å². The molecule has 1 N–H and O–H groups in total. The van der Waals surface area contributed by atoms with Gasteiger partial charge in [0.15, 0.2) is 0 Å². The van der Waals surface area contributed by atoms with Crippen LogP contribution in [0.25, 0.3) is 0 Å². The summed E-state index contributed by atoms with van der Waals surface area (Å²) >= 11 is 12.3. The molecule has 0 radical (unpaired) electrons. The summed E-state index contributed by atoms with van der Waals surface area (Å²) in [6.45, 7) is 2.11. The second-order valence-corrected chi connectivity index (χ2v) is 10.2. The maximum atomic E-state index is 13.3. The molecule has 0 unspecified atom stereocenters. The summed E-state index contributed by atoms with van der Waals surface area (Å²) in [5.74, 6) is -1.01. The Hall–Kier alpha value is -2.61. The summed E-state index contributed by atoms with van der Waals surface area (Å²) in [7, 11) is -3.90. The number of hydrogen-bond acceptors (Lipinski definition) is 3. The Morgan fingerprint density at radius 1 is 1.06 bits per heavy atom. The average molecular weight is 493 g/mol. The molecule has 0 saturated carbocycles. The van der Waals surface area contributed by atoms with Crippen LogP contribution in [0.3, 0.4) is 0 Å². The fourth-order valence-electron chi connectivity index (χ4n) is 3.74. The van der Waals surface area contributed by atoms with Crippen LogP contribution in [0.2, 0.25) is 10.0 Å². The predicted molar refractivity (Wildman–Crippen MR) is 125 cm³/mol. The first-order valence-corrected chi connectivity index (χ1v) is 12.1. The van der Waals surface area contributed by atoms with E-state index in [1.54, 1.807) is 24.3 Å². The molecule has 0 atom stereocenters. The highest BCUT2D eigenvalue weighted by Crippen LogP contribution is 2.36. The first-order chi connectivity index (χ1) is 15.2. The van der Waals surface area contributed by atoms with Crippen LogP contribution in [-0.4, -0.2) is 20.9 Å². The Morgan fingerprint density at radius 2 is 1.72 bits per heavy atom. The number of anilines is 2. The van der Waals surface area contributed by atoms with E-state index in [0.717, 1.165) is 23.3 Å². The molecular formula is C23H19Cl2FN2O3S. The summed E-state index contributed by atoms with van der Waals surface area (Å²) in [5.41, 5.74) is 2.70. The van der Waals surface area contributed by atoms with Gasteiger partial charge in [-0.2, -0.15) is 0 Å². The zero-order valence-electron chi connectivity index (χ0n) is 17.0. The minimum Gasteiger partial charge on any atom is -0.322 e. The van der Waals surface area contributed by atoms with Gasteiger partial charge in [-0.1, -0.05) is 35.3 Å². The van der Waals surface area contributed by atoms with Crippen molar-refractivity contribution >= 4 is 50.5 Å². The van der Waals surface area contributed by atoms with Crippen molar-refractivity contribution in [1.29, 1.82) is 0 Å². The van der Waals surface area contributed by atoms with Crippen LogP contribution in [-0.2, 0) is 16.4 Å². The van der Waals surface area contributed by atoms with E-state index < -0.39 is 21.7 Å². The Bertz CT molecular complexity index is 1290. The lowest BCUT2D eigenvalue weighted by Crippen LogP contribution is -2.35. The van der Waals surface area contributed by atoms with Crippen molar-refractivity contribution in [2.45, 2.75) is 24.7 Å². The topological polar surface area (TPSA) is 66.5 Å². The van der Waals surface area contributed by atoms with Gasteiger partial charge in [0.1, 0.15) is 5.82 Å². The number of benzene rings is 3. The van der Waals surface area contributed by atoms with E-state index in [9.17, 15) is 17.6 Å². The van der Waals surface area contributed by atoms with Gasteiger partial charge in [0.05, 0.1) is 26.2 Å². The van der Waals surface area contributed by atoms with Gasteiger partial charge >= 0.3 is 0 Å². The molecule has 0 saturated heterocycles. The van der Waals surface area contributed by atoms with E-state index in [4.69, 9.17) is 23.2 Å². The molecule has 1 heterocycles. The standard InChI is InChI=1S/C23H19Cl2FN2O3S/c1-14-12-15-4-3-11-28(32(30,31)17-9-7-16(26)8-10-17)21(15)13-20(14)27-23(29)22-18(24)5-2-6-19(22)25/h2,5-10,12-13H,3-4,11H2,1H3,(H,27,29). The number of fused-ring (bicyclic) bond motifs is 1. The van der Waals surface area contributed by atoms with E-state index in [0.29, 0.717) is 24.2 Å². The van der Waals surface area contributed by atoms with Crippen LogP contribution in [0.5, 0.6) is 0 Å². The summed E-state index contributed by atoms with van der Waals surface area (Å²) in [5, 5.41) is 3.23. The second-order valence-electron chi connectivity index (χ2n) is 7.48. The number of amides is 1. The number of halogens is 3. The summed E-state index contributed by atoms with van der Waals surface area (Å²) in [4.78, 5) is 12.9. The monoisotopic (exact) mass is 492 g/mol. The maximum absolute atomic E-state index is 13.3. The zero-order valence-corrected chi connectivity index (χ0v) is 19.4. The van der Waals surface area contributed by atoms with Crippen LogP contribution in [0.1, 0.15) is 27.9 Å². The molecule has 5 nitrogen and oxygen atoms in total. The average Bonchev–Trinajstić information content (AvgIpc) is 2.74. The fourth-order valence-corrected chi connectivity index (χ4v) is 5.84. The number of sulfonamides is 1. The van der Waals surface area contributed by atoms with Gasteiger partial charge in [0, 0.05) is 12.2 Å². The first-order valence-electron chi connectivity index (χ1n) is 9.85. The zero-order chi connectivity index (χ0) is 23.0. The van der Waals surface area contributed by atoms with E-state index in [1.807, 2.05) is 13.0 Å². The van der Waals surface area contributed by atoms with E-state index in [2.05, 4.69) is 5.32 Å². The predicted octanol–water partition coefficient (Wildman–Crippen LogP) is 5.83. The van der Waals surface area contributed by atoms with Crippen LogP contribution >= 0.6 is 23.2 Å². The fraction of sp³-hybridized carbons (Fsp3) is 0.174. The molecule has 0 aromatic heterocycles. The number of carbonyl (C=O) groups is 1. The Kier molecular flexibility index (Phi) is 6.16. The van der Waals surface area contributed by atoms with Crippen molar-refractivity contribution in [3.8, 4) is 0 Å². The minimum atomic E-state index is -3.90. The lowest BCUT2D eigenvalue weighted by Gasteiger charge is -2.31. The molecule has 0 aliphatic carbocycles. The van der Waals surface area contributed by atoms with Crippen molar-refractivity contribution in [2.75, 3.05) is 16.2 Å². The molecule has 3 aromatic carbocycles. The van der Waals surface area contributed by atoms with Gasteiger partial charge in [0.2, 0.25) is 0 Å². The number of rotatable bonds is 4. The molecule has 166 valence electrons. The van der Waals surface area contributed by atoms with Crippen molar-refractivity contribution in [3.63, 3.8) is 0 Å². The largest absolute Gasteiger partial charge is 0.322 e. The van der Waals surface area contributed by atoms with E-state index >= 15 is 0 Å². The molecule has 1 aliphatic heterocycles. The summed E-state index contributed by atoms with van der Waals surface area (Å²) in [6.07, 6.45) is 1.35. The highest BCUT2D eigenvalue weighted by atomic mass is 35.5. The number of nitrogens with one attached hydrogen (secondary N) is 1. The lowest BCUT2D eigenvalue weighted by molar-refractivity contribution is 0.102. The number of nitrogens with zero attached hydrogens (tertiary/aromatic N) is 1. The Balaban J connectivity index is 1.73. The molecule has 32 heavy (non-hydrogen) atoms. The normalized spacial score (nSPS) is 13.6. The number of aryl methyl sites for hydroxylation is 2. The molecule has 1 amide bonds. The molecule has 9 heteroatoms. The molecular weight excluding hydrogens is 474 g/mol. The summed E-state index contributed by atoms with van der Waals surface area (Å²) < 4.78 is 41.1. The Morgan fingerprint density at radius 3 is 2.38 bits per heavy atom. The number of carbonyl (C=O) groups excluding carboxylic acids is 1. The molecule has 0 bridgehead atoms. The molecule has 3 aromatic rings. The van der Waals surface area contributed by atoms with E-state index in [1.165, 1.54) is 16.4 Å².